The fourth-order valence-corrected chi connectivity index (χ4v) is 2.98. The first-order valence-corrected chi connectivity index (χ1v) is 8.17. The fraction of sp³-hybridized carbons (Fsp3) is 0.611. The number of hydrogen-bond acceptors (Lipinski definition) is 3. The fourth-order valence-electron chi connectivity index (χ4n) is 2.98. The van der Waals surface area contributed by atoms with Gasteiger partial charge < -0.3 is 10.1 Å². The highest BCUT2D eigenvalue weighted by molar-refractivity contribution is 5.69. The predicted molar refractivity (Wildman–Crippen MR) is 86.5 cm³/mol. The van der Waals surface area contributed by atoms with Crippen LogP contribution in [0.15, 0.2) is 24.3 Å². The van der Waals surface area contributed by atoms with Crippen LogP contribution in [0.2, 0.25) is 0 Å². The van der Waals surface area contributed by atoms with Crippen molar-refractivity contribution in [1.82, 2.24) is 0 Å². The average Bonchev–Trinajstić information content (AvgIpc) is 2.55. The molecule has 1 fully saturated rings. The molecule has 0 bridgehead atoms. The highest BCUT2D eigenvalue weighted by atomic mass is 16.5. The summed E-state index contributed by atoms with van der Waals surface area (Å²) in [6.45, 7) is 1.10. The summed E-state index contributed by atoms with van der Waals surface area (Å²) < 4.78 is 4.65. The smallest absolute Gasteiger partial charge is 0.305 e. The number of aryl methyl sites for hydroxylation is 1. The Bertz CT molecular complexity index is 421. The van der Waals surface area contributed by atoms with Gasteiger partial charge in [0.2, 0.25) is 0 Å². The Balaban J connectivity index is 1.69. The molecule has 0 unspecified atom stereocenters. The molecule has 116 valence electrons. The minimum atomic E-state index is -0.124. The van der Waals surface area contributed by atoms with E-state index >= 15 is 0 Å². The van der Waals surface area contributed by atoms with Crippen LogP contribution in [0.3, 0.4) is 0 Å². The van der Waals surface area contributed by atoms with Gasteiger partial charge in [-0.3, -0.25) is 4.79 Å². The topological polar surface area (TPSA) is 38.3 Å². The Morgan fingerprint density at radius 2 is 1.90 bits per heavy atom. The van der Waals surface area contributed by atoms with Gasteiger partial charge in [-0.25, -0.2) is 0 Å². The van der Waals surface area contributed by atoms with Crippen LogP contribution in [0.4, 0.5) is 5.69 Å². The summed E-state index contributed by atoms with van der Waals surface area (Å²) in [5, 5.41) is 3.55. The molecule has 1 aromatic carbocycles. The second kappa shape index (κ2) is 8.71. The third-order valence-corrected chi connectivity index (χ3v) is 4.35. The Labute approximate surface area is 128 Å². The van der Waals surface area contributed by atoms with Gasteiger partial charge >= 0.3 is 5.97 Å². The lowest BCUT2D eigenvalue weighted by Gasteiger charge is -2.22. The molecule has 0 spiro atoms. The molecule has 1 N–H and O–H groups in total. The van der Waals surface area contributed by atoms with Crippen molar-refractivity contribution in [3.8, 4) is 0 Å². The van der Waals surface area contributed by atoms with Gasteiger partial charge in [-0.05, 0) is 49.3 Å². The van der Waals surface area contributed by atoms with Crippen molar-refractivity contribution < 1.29 is 9.53 Å². The van der Waals surface area contributed by atoms with Gasteiger partial charge in [0.25, 0.3) is 0 Å². The van der Waals surface area contributed by atoms with Crippen molar-refractivity contribution in [1.29, 1.82) is 0 Å². The van der Waals surface area contributed by atoms with Gasteiger partial charge in [0, 0.05) is 18.7 Å². The monoisotopic (exact) mass is 289 g/mol. The van der Waals surface area contributed by atoms with E-state index in [9.17, 15) is 4.79 Å². The second-order valence-corrected chi connectivity index (χ2v) is 6.01. The molecule has 1 aliphatic carbocycles. The molecule has 3 nitrogen and oxygen atoms in total. The molecular weight excluding hydrogens is 262 g/mol. The Hall–Kier alpha value is -1.51. The molecule has 1 aromatic rings. The van der Waals surface area contributed by atoms with Gasteiger partial charge in [-0.1, -0.05) is 31.4 Å². The standard InChI is InChI=1S/C18H27NO2/c1-21-18(20)9-5-8-15-10-12-17(13-11-15)19-14-16-6-3-2-4-7-16/h10-13,16,19H,2-9,14H2,1H3. The van der Waals surface area contributed by atoms with Crippen molar-refractivity contribution in [2.75, 3.05) is 19.0 Å². The Morgan fingerprint density at radius 3 is 2.57 bits per heavy atom. The van der Waals surface area contributed by atoms with Crippen LogP contribution in [0, 0.1) is 5.92 Å². The third kappa shape index (κ3) is 5.78. The van der Waals surface area contributed by atoms with Gasteiger partial charge in [0.15, 0.2) is 0 Å². The largest absolute Gasteiger partial charge is 0.469 e. The number of carbonyl (C=O) groups is 1. The predicted octanol–water partition coefficient (Wildman–Crippen LogP) is 4.17. The lowest BCUT2D eigenvalue weighted by molar-refractivity contribution is -0.140. The van der Waals surface area contributed by atoms with Crippen LogP contribution in [-0.2, 0) is 16.0 Å². The highest BCUT2D eigenvalue weighted by Crippen LogP contribution is 2.24. The number of ether oxygens (including phenoxy) is 1. The molecule has 0 radical (unpaired) electrons. The molecule has 0 amide bonds. The summed E-state index contributed by atoms with van der Waals surface area (Å²) >= 11 is 0. The second-order valence-electron chi connectivity index (χ2n) is 6.01. The maximum atomic E-state index is 11.1. The average molecular weight is 289 g/mol. The maximum absolute atomic E-state index is 11.1. The zero-order valence-electron chi connectivity index (χ0n) is 13.1. The van der Waals surface area contributed by atoms with Gasteiger partial charge in [-0.2, -0.15) is 0 Å². The van der Waals surface area contributed by atoms with Crippen LogP contribution >= 0.6 is 0 Å². The summed E-state index contributed by atoms with van der Waals surface area (Å²) in [4.78, 5) is 11.1. The molecular formula is C18H27NO2. The van der Waals surface area contributed by atoms with Crippen molar-refractivity contribution in [2.45, 2.75) is 51.4 Å². The van der Waals surface area contributed by atoms with E-state index in [-0.39, 0.29) is 5.97 Å². The SMILES string of the molecule is COC(=O)CCCc1ccc(NCC2CCCCC2)cc1. The highest BCUT2D eigenvalue weighted by Gasteiger charge is 2.12. The lowest BCUT2D eigenvalue weighted by atomic mass is 9.89. The van der Waals surface area contributed by atoms with Crippen LogP contribution < -0.4 is 5.32 Å². The third-order valence-electron chi connectivity index (χ3n) is 4.35. The normalized spacial score (nSPS) is 15.7. The number of benzene rings is 1. The molecule has 0 heterocycles. The van der Waals surface area contributed by atoms with Crippen molar-refractivity contribution in [3.05, 3.63) is 29.8 Å². The van der Waals surface area contributed by atoms with Gasteiger partial charge in [0.05, 0.1) is 7.11 Å². The molecule has 0 aliphatic heterocycles. The van der Waals surface area contributed by atoms with Crippen LogP contribution in [0.25, 0.3) is 0 Å². The summed E-state index contributed by atoms with van der Waals surface area (Å²) in [6.07, 6.45) is 9.22. The van der Waals surface area contributed by atoms with E-state index in [1.54, 1.807) is 0 Å². The summed E-state index contributed by atoms with van der Waals surface area (Å²) in [5.41, 5.74) is 2.49. The molecule has 0 aromatic heterocycles. The first-order valence-electron chi connectivity index (χ1n) is 8.17. The summed E-state index contributed by atoms with van der Waals surface area (Å²) in [5.74, 6) is 0.722. The number of esters is 1. The lowest BCUT2D eigenvalue weighted by Crippen LogP contribution is -2.17. The van der Waals surface area contributed by atoms with Crippen LogP contribution in [-0.4, -0.2) is 19.6 Å². The van der Waals surface area contributed by atoms with E-state index in [0.29, 0.717) is 6.42 Å². The first-order chi connectivity index (χ1) is 10.3. The number of hydrogen-bond donors (Lipinski definition) is 1. The summed E-state index contributed by atoms with van der Waals surface area (Å²) in [6, 6.07) is 8.60. The van der Waals surface area contributed by atoms with Crippen molar-refractivity contribution in [3.63, 3.8) is 0 Å². The number of anilines is 1. The van der Waals surface area contributed by atoms with Crippen molar-refractivity contribution in [2.24, 2.45) is 5.92 Å². The molecule has 3 heteroatoms. The van der Waals surface area contributed by atoms with Crippen LogP contribution in [0.1, 0.15) is 50.5 Å². The number of methoxy groups -OCH3 is 1. The van der Waals surface area contributed by atoms with E-state index in [2.05, 4.69) is 34.3 Å². The van der Waals surface area contributed by atoms with E-state index in [1.807, 2.05) is 0 Å². The van der Waals surface area contributed by atoms with E-state index in [4.69, 9.17) is 0 Å². The molecule has 1 saturated carbocycles. The zero-order chi connectivity index (χ0) is 14.9. The van der Waals surface area contributed by atoms with Crippen molar-refractivity contribution >= 4 is 11.7 Å². The molecule has 1 aliphatic rings. The van der Waals surface area contributed by atoms with Gasteiger partial charge in [0.1, 0.15) is 0 Å². The molecule has 0 atom stereocenters. The minimum Gasteiger partial charge on any atom is -0.469 e. The van der Waals surface area contributed by atoms with E-state index < -0.39 is 0 Å². The molecule has 2 rings (SSSR count). The maximum Gasteiger partial charge on any atom is 0.305 e. The molecule has 0 saturated heterocycles. The van der Waals surface area contributed by atoms with Gasteiger partial charge in [-0.15, -0.1) is 0 Å². The van der Waals surface area contributed by atoms with E-state index in [0.717, 1.165) is 25.3 Å². The number of nitrogens with one attached hydrogen (secondary N) is 1. The summed E-state index contributed by atoms with van der Waals surface area (Å²) in [7, 11) is 1.44. The Morgan fingerprint density at radius 1 is 1.19 bits per heavy atom. The minimum absolute atomic E-state index is 0.124. The zero-order valence-corrected chi connectivity index (χ0v) is 13.1. The Kier molecular flexibility index (Phi) is 6.58. The number of rotatable bonds is 7. The first kappa shape index (κ1) is 15.9. The number of carbonyl (C=O) groups excluding carboxylic acids is 1. The van der Waals surface area contributed by atoms with E-state index in [1.165, 1.54) is 50.5 Å². The quantitative estimate of drug-likeness (QED) is 0.765. The molecule has 21 heavy (non-hydrogen) atoms. The van der Waals surface area contributed by atoms with Crippen LogP contribution in [0.5, 0.6) is 0 Å².